The van der Waals surface area contributed by atoms with Gasteiger partial charge in [-0.15, -0.1) is 0 Å². The van der Waals surface area contributed by atoms with Gasteiger partial charge in [0.25, 0.3) is 0 Å². The van der Waals surface area contributed by atoms with Crippen LogP contribution in [-0.2, 0) is 14.3 Å². The number of hydrogen-bond acceptors (Lipinski definition) is 3. The van der Waals surface area contributed by atoms with E-state index >= 15 is 0 Å². The van der Waals surface area contributed by atoms with E-state index in [1.165, 1.54) is 7.11 Å². The summed E-state index contributed by atoms with van der Waals surface area (Å²) in [6.45, 7) is 1.93. The second kappa shape index (κ2) is 7.21. The van der Waals surface area contributed by atoms with Gasteiger partial charge in [0, 0.05) is 16.3 Å². The summed E-state index contributed by atoms with van der Waals surface area (Å²) >= 11 is 3.40. The Labute approximate surface area is 134 Å². The zero-order chi connectivity index (χ0) is 15.4. The molecule has 0 bridgehead atoms. The molecule has 4 heteroatoms. The summed E-state index contributed by atoms with van der Waals surface area (Å²) in [6.07, 6.45) is 3.56. The van der Waals surface area contributed by atoms with E-state index in [-0.39, 0.29) is 29.5 Å². The molecule has 0 N–H and O–H groups in total. The molecule has 1 saturated carbocycles. The summed E-state index contributed by atoms with van der Waals surface area (Å²) < 4.78 is 5.87. The van der Waals surface area contributed by atoms with Gasteiger partial charge in [0.1, 0.15) is 5.78 Å². The van der Waals surface area contributed by atoms with Gasteiger partial charge in [-0.05, 0) is 30.5 Å². The quantitative estimate of drug-likeness (QED) is 0.766. The highest BCUT2D eigenvalue weighted by molar-refractivity contribution is 9.10. The van der Waals surface area contributed by atoms with Gasteiger partial charge in [0.2, 0.25) is 0 Å². The van der Waals surface area contributed by atoms with Crippen LogP contribution >= 0.6 is 15.9 Å². The van der Waals surface area contributed by atoms with Crippen molar-refractivity contribution in [3.05, 3.63) is 34.3 Å². The van der Waals surface area contributed by atoms with Crippen molar-refractivity contribution in [2.24, 2.45) is 11.8 Å². The first-order chi connectivity index (χ1) is 10.0. The van der Waals surface area contributed by atoms with Crippen LogP contribution in [0.1, 0.15) is 44.1 Å². The van der Waals surface area contributed by atoms with Crippen LogP contribution in [0.4, 0.5) is 0 Å². The van der Waals surface area contributed by atoms with E-state index < -0.39 is 0 Å². The number of methoxy groups -OCH3 is 1. The molecule has 2 rings (SSSR count). The lowest BCUT2D eigenvalue weighted by Crippen LogP contribution is -2.35. The maximum absolute atomic E-state index is 12.8. The topological polar surface area (TPSA) is 43.4 Å². The Kier molecular flexibility index (Phi) is 5.57. The van der Waals surface area contributed by atoms with E-state index in [2.05, 4.69) is 15.9 Å². The van der Waals surface area contributed by atoms with Crippen LogP contribution in [0, 0.1) is 11.8 Å². The van der Waals surface area contributed by atoms with Crippen LogP contribution in [0.3, 0.4) is 0 Å². The summed E-state index contributed by atoms with van der Waals surface area (Å²) in [4.78, 5) is 24.7. The van der Waals surface area contributed by atoms with Crippen molar-refractivity contribution in [3.8, 4) is 0 Å². The fourth-order valence-electron chi connectivity index (χ4n) is 3.14. The van der Waals surface area contributed by atoms with Crippen LogP contribution in [0.5, 0.6) is 0 Å². The normalized spacial score (nSPS) is 23.4. The molecule has 1 fully saturated rings. The zero-order valence-electron chi connectivity index (χ0n) is 12.5. The van der Waals surface area contributed by atoms with Crippen molar-refractivity contribution in [3.63, 3.8) is 0 Å². The van der Waals surface area contributed by atoms with Crippen molar-refractivity contribution >= 4 is 27.7 Å². The van der Waals surface area contributed by atoms with Crippen molar-refractivity contribution in [2.75, 3.05) is 7.11 Å². The molecule has 0 amide bonds. The standard InChI is InChI=1S/C17H21BrO3/c1-11(12-7-9-13(18)10-8-12)16(19)14-5-3-4-6-15(14)17(20)21-2/h7-11,14-15H,3-6H2,1-2H3/t11?,14-,15-/m1/s1. The second-order valence-corrected chi connectivity index (χ2v) is 6.61. The molecule has 21 heavy (non-hydrogen) atoms. The van der Waals surface area contributed by atoms with Gasteiger partial charge in [-0.1, -0.05) is 47.8 Å². The van der Waals surface area contributed by atoms with Crippen LogP contribution in [0.15, 0.2) is 28.7 Å². The second-order valence-electron chi connectivity index (χ2n) is 5.70. The third kappa shape index (κ3) is 3.73. The Morgan fingerprint density at radius 3 is 2.29 bits per heavy atom. The summed E-state index contributed by atoms with van der Waals surface area (Å²) in [6, 6.07) is 7.81. The lowest BCUT2D eigenvalue weighted by Gasteiger charge is -2.30. The first kappa shape index (κ1) is 16.2. The highest BCUT2D eigenvalue weighted by Crippen LogP contribution is 2.35. The fraction of sp³-hybridized carbons (Fsp3) is 0.529. The van der Waals surface area contributed by atoms with Gasteiger partial charge < -0.3 is 4.74 Å². The number of ketones is 1. The summed E-state index contributed by atoms with van der Waals surface area (Å²) in [5, 5.41) is 0. The Bertz CT molecular complexity index is 509. The monoisotopic (exact) mass is 352 g/mol. The number of benzene rings is 1. The molecule has 0 spiro atoms. The summed E-state index contributed by atoms with van der Waals surface area (Å²) in [5.74, 6) is -0.740. The van der Waals surface area contributed by atoms with Crippen LogP contribution in [0.25, 0.3) is 0 Å². The Hall–Kier alpha value is -1.16. The molecule has 1 aromatic rings. The smallest absolute Gasteiger partial charge is 0.309 e. The van der Waals surface area contributed by atoms with Crippen molar-refractivity contribution in [1.29, 1.82) is 0 Å². The van der Waals surface area contributed by atoms with E-state index in [0.717, 1.165) is 35.7 Å². The number of carbonyl (C=O) groups is 2. The van der Waals surface area contributed by atoms with Gasteiger partial charge >= 0.3 is 5.97 Å². The summed E-state index contributed by atoms with van der Waals surface area (Å²) in [5.41, 5.74) is 0.998. The van der Waals surface area contributed by atoms with Gasteiger partial charge in [0.15, 0.2) is 0 Å². The number of Topliss-reactive ketones (excluding diaryl/α,β-unsaturated/α-hetero) is 1. The molecule has 1 aromatic carbocycles. The van der Waals surface area contributed by atoms with Crippen LogP contribution < -0.4 is 0 Å². The molecular weight excluding hydrogens is 332 g/mol. The maximum atomic E-state index is 12.8. The predicted octanol–water partition coefficient (Wildman–Crippen LogP) is 4.10. The van der Waals surface area contributed by atoms with Gasteiger partial charge in [-0.2, -0.15) is 0 Å². The predicted molar refractivity (Wildman–Crippen MR) is 85.0 cm³/mol. The number of rotatable bonds is 4. The van der Waals surface area contributed by atoms with Crippen molar-refractivity contribution in [2.45, 2.75) is 38.5 Å². The van der Waals surface area contributed by atoms with Crippen molar-refractivity contribution in [1.82, 2.24) is 0 Å². The van der Waals surface area contributed by atoms with Crippen LogP contribution in [-0.4, -0.2) is 18.9 Å². The highest BCUT2D eigenvalue weighted by atomic mass is 79.9. The number of hydrogen-bond donors (Lipinski definition) is 0. The molecule has 0 heterocycles. The molecular formula is C17H21BrO3. The molecule has 3 nitrogen and oxygen atoms in total. The zero-order valence-corrected chi connectivity index (χ0v) is 14.1. The fourth-order valence-corrected chi connectivity index (χ4v) is 3.41. The average Bonchev–Trinajstić information content (AvgIpc) is 2.53. The maximum Gasteiger partial charge on any atom is 0.309 e. The summed E-state index contributed by atoms with van der Waals surface area (Å²) in [7, 11) is 1.40. The molecule has 1 aliphatic carbocycles. The van der Waals surface area contributed by atoms with E-state index in [9.17, 15) is 9.59 Å². The minimum absolute atomic E-state index is 0.160. The Morgan fingerprint density at radius 1 is 1.14 bits per heavy atom. The number of halogens is 1. The first-order valence-electron chi connectivity index (χ1n) is 7.41. The largest absolute Gasteiger partial charge is 0.469 e. The molecule has 0 aromatic heterocycles. The third-order valence-electron chi connectivity index (χ3n) is 4.43. The molecule has 1 aliphatic rings. The molecule has 1 unspecified atom stereocenters. The van der Waals surface area contributed by atoms with E-state index in [1.807, 2.05) is 31.2 Å². The number of ether oxygens (including phenoxy) is 1. The van der Waals surface area contributed by atoms with Crippen LogP contribution in [0.2, 0.25) is 0 Å². The minimum atomic E-state index is -0.269. The lowest BCUT2D eigenvalue weighted by atomic mass is 9.73. The Morgan fingerprint density at radius 2 is 1.71 bits per heavy atom. The molecule has 114 valence electrons. The minimum Gasteiger partial charge on any atom is -0.469 e. The molecule has 0 saturated heterocycles. The average molecular weight is 353 g/mol. The number of esters is 1. The molecule has 3 atom stereocenters. The number of carbonyl (C=O) groups excluding carboxylic acids is 2. The van der Waals surface area contributed by atoms with Gasteiger partial charge in [-0.3, -0.25) is 9.59 Å². The Balaban J connectivity index is 2.16. The van der Waals surface area contributed by atoms with Gasteiger partial charge in [0.05, 0.1) is 13.0 Å². The third-order valence-corrected chi connectivity index (χ3v) is 4.96. The lowest BCUT2D eigenvalue weighted by molar-refractivity contribution is -0.151. The molecule has 0 radical (unpaired) electrons. The van der Waals surface area contributed by atoms with E-state index in [4.69, 9.17) is 4.74 Å². The van der Waals surface area contributed by atoms with E-state index in [0.29, 0.717) is 0 Å². The SMILES string of the molecule is COC(=O)[C@@H]1CCCC[C@H]1C(=O)C(C)c1ccc(Br)cc1. The van der Waals surface area contributed by atoms with E-state index in [1.54, 1.807) is 0 Å². The van der Waals surface area contributed by atoms with Crippen molar-refractivity contribution < 1.29 is 14.3 Å². The highest BCUT2D eigenvalue weighted by Gasteiger charge is 2.38. The molecule has 0 aliphatic heterocycles. The van der Waals surface area contributed by atoms with Gasteiger partial charge in [-0.25, -0.2) is 0 Å². The first-order valence-corrected chi connectivity index (χ1v) is 8.21.